The van der Waals surface area contributed by atoms with Crippen LogP contribution >= 0.6 is 0 Å². The van der Waals surface area contributed by atoms with Crippen LogP contribution in [0.1, 0.15) is 27.7 Å². The average Bonchev–Trinajstić information content (AvgIpc) is 1.98. The lowest BCUT2D eigenvalue weighted by Gasteiger charge is -2.26. The molecule has 0 aromatic carbocycles. The highest BCUT2D eigenvalue weighted by atomic mass is 28.3. The summed E-state index contributed by atoms with van der Waals surface area (Å²) < 4.78 is 5.85. The Bertz CT molecular complexity index is 168. The molecule has 16 heavy (non-hydrogen) atoms. The predicted octanol–water partition coefficient (Wildman–Crippen LogP) is 2.62. The van der Waals surface area contributed by atoms with Crippen LogP contribution in [-0.2, 0) is 4.74 Å². The molecular formula is C12H30N2OSi. The summed E-state index contributed by atoms with van der Waals surface area (Å²) in [5, 5.41) is 6.76. The molecule has 0 rings (SSSR count). The molecule has 4 heteroatoms. The molecule has 0 unspecified atom stereocenters. The third kappa shape index (κ3) is 10.6. The number of hydrogen-bond donors (Lipinski definition) is 2. The van der Waals surface area contributed by atoms with E-state index in [1.807, 2.05) is 0 Å². The molecule has 2 N–H and O–H groups in total. The second kappa shape index (κ2) is 7.43. The van der Waals surface area contributed by atoms with E-state index in [4.69, 9.17) is 4.74 Å². The van der Waals surface area contributed by atoms with Gasteiger partial charge in [0.25, 0.3) is 0 Å². The van der Waals surface area contributed by atoms with E-state index in [0.29, 0.717) is 12.1 Å². The van der Waals surface area contributed by atoms with Crippen molar-refractivity contribution in [2.24, 2.45) is 0 Å². The van der Waals surface area contributed by atoms with Crippen LogP contribution in [0.4, 0.5) is 0 Å². The molecular weight excluding hydrogens is 216 g/mol. The number of hydrogen-bond acceptors (Lipinski definition) is 3. The molecule has 0 aromatic rings. The van der Waals surface area contributed by atoms with Crippen molar-refractivity contribution in [3.8, 4) is 0 Å². The number of ether oxygens (including phenoxy) is 1. The summed E-state index contributed by atoms with van der Waals surface area (Å²) >= 11 is 0. The second-order valence-electron chi connectivity index (χ2n) is 6.20. The topological polar surface area (TPSA) is 33.3 Å². The first-order valence-corrected chi connectivity index (χ1v) is 10.0. The summed E-state index contributed by atoms with van der Waals surface area (Å²) in [6.45, 7) is 16.5. The van der Waals surface area contributed by atoms with Gasteiger partial charge in [-0.15, -0.1) is 0 Å². The van der Waals surface area contributed by atoms with E-state index < -0.39 is 8.07 Å². The van der Waals surface area contributed by atoms with Gasteiger partial charge in [0.05, 0.1) is 0 Å². The summed E-state index contributed by atoms with van der Waals surface area (Å²) in [6.07, 6.45) is -0.0173. The maximum absolute atomic E-state index is 5.85. The lowest BCUT2D eigenvalue weighted by atomic mass is 10.4. The Balaban J connectivity index is 3.92. The van der Waals surface area contributed by atoms with Gasteiger partial charge in [-0.2, -0.15) is 0 Å². The molecule has 0 amide bonds. The third-order valence-electron chi connectivity index (χ3n) is 2.11. The normalized spacial score (nSPS) is 13.1. The molecule has 0 aliphatic heterocycles. The van der Waals surface area contributed by atoms with Gasteiger partial charge in [0.2, 0.25) is 0 Å². The third-order valence-corrected chi connectivity index (χ3v) is 3.81. The minimum absolute atomic E-state index is 0.0173. The summed E-state index contributed by atoms with van der Waals surface area (Å²) in [7, 11) is -0.985. The van der Waals surface area contributed by atoms with E-state index in [1.165, 1.54) is 6.04 Å². The number of nitrogens with one attached hydrogen (secondary N) is 2. The van der Waals surface area contributed by atoms with E-state index in [0.717, 1.165) is 6.61 Å². The molecule has 0 spiro atoms. The van der Waals surface area contributed by atoms with Crippen molar-refractivity contribution < 1.29 is 4.74 Å². The van der Waals surface area contributed by atoms with Crippen molar-refractivity contribution in [3.05, 3.63) is 0 Å². The Hall–Kier alpha value is 0.0969. The van der Waals surface area contributed by atoms with Crippen LogP contribution in [0, 0.1) is 0 Å². The maximum Gasteiger partial charge on any atom is 0.163 e. The van der Waals surface area contributed by atoms with Gasteiger partial charge in [-0.05, 0) is 33.7 Å². The first-order valence-electron chi connectivity index (χ1n) is 6.34. The van der Waals surface area contributed by atoms with Crippen molar-refractivity contribution in [2.45, 2.75) is 71.8 Å². The van der Waals surface area contributed by atoms with Gasteiger partial charge in [-0.3, -0.25) is 10.6 Å². The zero-order chi connectivity index (χ0) is 12.8. The average molecular weight is 246 g/mol. The minimum atomic E-state index is -0.985. The highest BCUT2D eigenvalue weighted by Gasteiger charge is 2.15. The van der Waals surface area contributed by atoms with Crippen LogP contribution in [-0.4, -0.2) is 33.1 Å². The fourth-order valence-corrected chi connectivity index (χ4v) is 1.96. The van der Waals surface area contributed by atoms with Crippen molar-refractivity contribution in [1.82, 2.24) is 10.6 Å². The summed E-state index contributed by atoms with van der Waals surface area (Å²) in [6, 6.07) is 2.08. The minimum Gasteiger partial charge on any atom is -0.350 e. The Labute approximate surface area is 102 Å². The van der Waals surface area contributed by atoms with Crippen LogP contribution in [0.15, 0.2) is 0 Å². The monoisotopic (exact) mass is 246 g/mol. The molecule has 3 nitrogen and oxygen atoms in total. The quantitative estimate of drug-likeness (QED) is 0.510. The lowest BCUT2D eigenvalue weighted by molar-refractivity contribution is 0.00246. The SMILES string of the molecule is CC(C)NC(NC(C)C)OCC[Si](C)(C)C. The van der Waals surface area contributed by atoms with E-state index in [1.54, 1.807) is 0 Å². The van der Waals surface area contributed by atoms with Crippen LogP contribution in [0.3, 0.4) is 0 Å². The highest BCUT2D eigenvalue weighted by Crippen LogP contribution is 2.08. The number of rotatable bonds is 8. The molecule has 0 fully saturated rings. The van der Waals surface area contributed by atoms with Gasteiger partial charge in [0.1, 0.15) is 0 Å². The van der Waals surface area contributed by atoms with Crippen molar-refractivity contribution in [1.29, 1.82) is 0 Å². The van der Waals surface area contributed by atoms with E-state index in [9.17, 15) is 0 Å². The predicted molar refractivity (Wildman–Crippen MR) is 74.4 cm³/mol. The summed E-state index contributed by atoms with van der Waals surface area (Å²) in [5.41, 5.74) is 0. The molecule has 0 heterocycles. The molecule has 0 aliphatic carbocycles. The van der Waals surface area contributed by atoms with Gasteiger partial charge in [0, 0.05) is 26.8 Å². The van der Waals surface area contributed by atoms with Crippen molar-refractivity contribution >= 4 is 8.07 Å². The standard InChI is InChI=1S/C12H30N2OSi/c1-10(2)13-12(14-11(3)4)15-8-9-16(5,6)7/h10-14H,8-9H2,1-7H3. The van der Waals surface area contributed by atoms with Crippen LogP contribution in [0.25, 0.3) is 0 Å². The van der Waals surface area contributed by atoms with Crippen molar-refractivity contribution in [3.63, 3.8) is 0 Å². The molecule has 0 saturated carbocycles. The fourth-order valence-electron chi connectivity index (χ4n) is 1.23. The van der Waals surface area contributed by atoms with E-state index >= 15 is 0 Å². The molecule has 0 aromatic heterocycles. The zero-order valence-corrected chi connectivity index (χ0v) is 13.1. The highest BCUT2D eigenvalue weighted by molar-refractivity contribution is 6.76. The maximum atomic E-state index is 5.85. The molecule has 0 saturated heterocycles. The summed E-state index contributed by atoms with van der Waals surface area (Å²) in [4.78, 5) is 0. The first-order chi connectivity index (χ1) is 7.20. The van der Waals surface area contributed by atoms with E-state index in [2.05, 4.69) is 58.0 Å². The van der Waals surface area contributed by atoms with Gasteiger partial charge in [-0.1, -0.05) is 19.6 Å². The second-order valence-corrected chi connectivity index (χ2v) is 11.8. The van der Waals surface area contributed by atoms with Crippen LogP contribution in [0.2, 0.25) is 25.7 Å². The van der Waals surface area contributed by atoms with Crippen LogP contribution in [0.5, 0.6) is 0 Å². The largest absolute Gasteiger partial charge is 0.350 e. The Morgan fingerprint density at radius 1 is 0.938 bits per heavy atom. The van der Waals surface area contributed by atoms with Gasteiger partial charge < -0.3 is 4.74 Å². The fraction of sp³-hybridized carbons (Fsp3) is 1.00. The Morgan fingerprint density at radius 2 is 1.38 bits per heavy atom. The van der Waals surface area contributed by atoms with Crippen molar-refractivity contribution in [2.75, 3.05) is 6.61 Å². The smallest absolute Gasteiger partial charge is 0.163 e. The van der Waals surface area contributed by atoms with E-state index in [-0.39, 0.29) is 6.35 Å². The van der Waals surface area contributed by atoms with Crippen LogP contribution < -0.4 is 10.6 Å². The Kier molecular flexibility index (Phi) is 7.47. The molecule has 0 aliphatic rings. The first kappa shape index (κ1) is 16.1. The molecule has 0 atom stereocenters. The summed E-state index contributed by atoms with van der Waals surface area (Å²) in [5.74, 6) is 0. The molecule has 0 radical (unpaired) electrons. The zero-order valence-electron chi connectivity index (χ0n) is 12.1. The molecule has 98 valence electrons. The molecule has 0 bridgehead atoms. The van der Waals surface area contributed by atoms with Gasteiger partial charge in [-0.25, -0.2) is 0 Å². The van der Waals surface area contributed by atoms with Gasteiger partial charge in [0.15, 0.2) is 6.35 Å². The Morgan fingerprint density at radius 3 is 1.69 bits per heavy atom. The lowest BCUT2D eigenvalue weighted by Crippen LogP contribution is -2.50. The van der Waals surface area contributed by atoms with Gasteiger partial charge >= 0.3 is 0 Å².